The maximum atomic E-state index is 7.25. The molecular weight excluding hydrogens is 360 g/mol. The quantitative estimate of drug-likeness (QED) is 0.336. The van der Waals surface area contributed by atoms with E-state index in [1.54, 1.807) is 0 Å². The van der Waals surface area contributed by atoms with Gasteiger partial charge < -0.3 is 9.16 Å². The Kier molecular flexibility index (Phi) is 6.92. The Morgan fingerprint density at radius 1 is 1.04 bits per heavy atom. The van der Waals surface area contributed by atoms with Gasteiger partial charge in [-0.05, 0) is 21.8 Å². The molecule has 0 amide bonds. The molecule has 2 aromatic carbocycles. The Balaban J connectivity index is 2.08. The first-order valence-electron chi connectivity index (χ1n) is 10.6. The smallest absolute Gasteiger partial charge is 0.261 e. The summed E-state index contributed by atoms with van der Waals surface area (Å²) in [6, 6.07) is 21.8. The van der Waals surface area contributed by atoms with Gasteiger partial charge in [0.25, 0.3) is 8.32 Å². The molecule has 0 aromatic heterocycles. The molecule has 2 atom stereocenters. The molecule has 0 saturated carbocycles. The molecule has 0 N–H and O–H groups in total. The maximum absolute atomic E-state index is 7.25. The zero-order valence-corrected chi connectivity index (χ0v) is 18.7. The average molecular weight is 395 g/mol. The van der Waals surface area contributed by atoms with E-state index in [-0.39, 0.29) is 17.2 Å². The van der Waals surface area contributed by atoms with Gasteiger partial charge in [0.1, 0.15) is 0 Å². The van der Waals surface area contributed by atoms with E-state index in [1.165, 1.54) is 23.2 Å². The molecule has 1 aliphatic rings. The minimum Gasteiger partial charge on any atom is -0.401 e. The minimum atomic E-state index is -2.51. The van der Waals surface area contributed by atoms with Crippen molar-refractivity contribution >= 4 is 18.7 Å². The normalized spacial score (nSPS) is 18.4. The van der Waals surface area contributed by atoms with E-state index in [1.807, 2.05) is 0 Å². The zero-order valence-electron chi connectivity index (χ0n) is 17.7. The van der Waals surface area contributed by atoms with E-state index in [0.717, 1.165) is 13.0 Å². The number of unbranched alkanes of at least 4 members (excludes halogenated alkanes) is 1. The van der Waals surface area contributed by atoms with E-state index in [0.29, 0.717) is 0 Å². The van der Waals surface area contributed by atoms with Crippen LogP contribution in [0.4, 0.5) is 0 Å². The van der Waals surface area contributed by atoms with Crippen molar-refractivity contribution < 1.29 is 9.16 Å². The van der Waals surface area contributed by atoms with Crippen molar-refractivity contribution in [2.24, 2.45) is 0 Å². The summed E-state index contributed by atoms with van der Waals surface area (Å²) in [6.07, 6.45) is 8.23. The molecule has 28 heavy (non-hydrogen) atoms. The molecule has 1 fully saturated rings. The van der Waals surface area contributed by atoms with Crippen LogP contribution in [0.5, 0.6) is 0 Å². The summed E-state index contributed by atoms with van der Waals surface area (Å²) in [7, 11) is -2.51. The van der Waals surface area contributed by atoms with Gasteiger partial charge in [-0.2, -0.15) is 0 Å². The monoisotopic (exact) mass is 394 g/mol. The van der Waals surface area contributed by atoms with Crippen LogP contribution >= 0.6 is 0 Å². The molecule has 2 aromatic rings. The average Bonchev–Trinajstić information content (AvgIpc) is 3.52. The summed E-state index contributed by atoms with van der Waals surface area (Å²) in [6.45, 7) is 10.1. The Morgan fingerprint density at radius 3 is 2.00 bits per heavy atom. The van der Waals surface area contributed by atoms with Crippen LogP contribution in [-0.4, -0.2) is 27.1 Å². The Hall–Kier alpha value is -1.68. The van der Waals surface area contributed by atoms with E-state index in [9.17, 15) is 0 Å². The van der Waals surface area contributed by atoms with Crippen molar-refractivity contribution in [2.75, 3.05) is 6.61 Å². The van der Waals surface area contributed by atoms with E-state index < -0.39 is 8.32 Å². The van der Waals surface area contributed by atoms with Crippen molar-refractivity contribution in [1.82, 2.24) is 0 Å². The summed E-state index contributed by atoms with van der Waals surface area (Å²) in [5.74, 6) is 0. The van der Waals surface area contributed by atoms with Crippen LogP contribution < -0.4 is 10.4 Å². The Morgan fingerprint density at radius 2 is 1.57 bits per heavy atom. The third-order valence-corrected chi connectivity index (χ3v) is 10.5. The molecule has 0 spiro atoms. The molecule has 0 radical (unpaired) electrons. The molecule has 1 unspecified atom stereocenters. The van der Waals surface area contributed by atoms with Crippen molar-refractivity contribution in [3.63, 3.8) is 0 Å². The fraction of sp³-hybridized carbons (Fsp3) is 0.440. The van der Waals surface area contributed by atoms with E-state index >= 15 is 0 Å². The van der Waals surface area contributed by atoms with Crippen LogP contribution in [0.1, 0.15) is 47.0 Å². The van der Waals surface area contributed by atoms with Crippen LogP contribution in [0.25, 0.3) is 0 Å². The topological polar surface area (TPSA) is 21.8 Å². The second-order valence-corrected chi connectivity index (χ2v) is 13.0. The minimum absolute atomic E-state index is 0.00406. The van der Waals surface area contributed by atoms with Gasteiger partial charge in [-0.3, -0.25) is 0 Å². The first-order chi connectivity index (χ1) is 13.5. The predicted octanol–water partition coefficient (Wildman–Crippen LogP) is 5.08. The van der Waals surface area contributed by atoms with Crippen LogP contribution in [-0.2, 0) is 9.16 Å². The van der Waals surface area contributed by atoms with E-state index in [2.05, 4.69) is 101 Å². The highest BCUT2D eigenvalue weighted by Crippen LogP contribution is 2.38. The van der Waals surface area contributed by atoms with Crippen molar-refractivity contribution in [3.05, 3.63) is 72.8 Å². The highest BCUT2D eigenvalue weighted by atomic mass is 28.4. The lowest BCUT2D eigenvalue weighted by Gasteiger charge is -2.45. The zero-order chi connectivity index (χ0) is 20.0. The highest BCUT2D eigenvalue weighted by molar-refractivity contribution is 6.99. The second-order valence-electron chi connectivity index (χ2n) is 8.72. The van der Waals surface area contributed by atoms with Gasteiger partial charge in [-0.1, -0.05) is 113 Å². The van der Waals surface area contributed by atoms with Crippen molar-refractivity contribution in [3.8, 4) is 0 Å². The molecule has 1 aliphatic heterocycles. The third-order valence-electron chi connectivity index (χ3n) is 5.49. The first kappa shape index (κ1) is 21.0. The van der Waals surface area contributed by atoms with Crippen LogP contribution in [0.15, 0.2) is 72.8 Å². The molecule has 2 nitrogen and oxygen atoms in total. The van der Waals surface area contributed by atoms with Gasteiger partial charge in [0.2, 0.25) is 0 Å². The molecule has 0 aliphatic carbocycles. The summed E-state index contributed by atoms with van der Waals surface area (Å²) in [4.78, 5) is 0. The summed E-state index contributed by atoms with van der Waals surface area (Å²) >= 11 is 0. The lowest BCUT2D eigenvalue weighted by molar-refractivity contribution is 0.218. The van der Waals surface area contributed by atoms with Crippen LogP contribution in [0.2, 0.25) is 5.04 Å². The van der Waals surface area contributed by atoms with Gasteiger partial charge in [-0.15, -0.1) is 0 Å². The molecule has 3 heteroatoms. The highest BCUT2D eigenvalue weighted by Gasteiger charge is 2.51. The van der Waals surface area contributed by atoms with Gasteiger partial charge in [0.15, 0.2) is 0 Å². The molecule has 1 heterocycles. The van der Waals surface area contributed by atoms with E-state index in [4.69, 9.17) is 9.16 Å². The Labute approximate surface area is 171 Å². The van der Waals surface area contributed by atoms with Gasteiger partial charge >= 0.3 is 0 Å². The van der Waals surface area contributed by atoms with Gasteiger partial charge in [-0.25, -0.2) is 0 Å². The molecule has 150 valence electrons. The number of benzene rings is 2. The molecule has 1 saturated heterocycles. The lowest BCUT2D eigenvalue weighted by atomic mass is 10.1. The second kappa shape index (κ2) is 9.21. The third kappa shape index (κ3) is 4.83. The standard InChI is InChI=1S/C25H34O2Si/c1-5-6-13-21(18-19-22-20-26-22)27-28(25(2,3)4,23-14-9-7-10-15-23)24-16-11-8-12-17-24/h7-12,14-19,21-22H,5-6,13,20H2,1-4H3/b19-18-/t21-,22?/m0/s1. The lowest BCUT2D eigenvalue weighted by Crippen LogP contribution is -2.67. The van der Waals surface area contributed by atoms with Crippen LogP contribution in [0.3, 0.4) is 0 Å². The van der Waals surface area contributed by atoms with Crippen molar-refractivity contribution in [2.45, 2.75) is 64.2 Å². The summed E-state index contributed by atoms with van der Waals surface area (Å²) in [5.41, 5.74) is 0. The summed E-state index contributed by atoms with van der Waals surface area (Å²) < 4.78 is 12.7. The fourth-order valence-electron chi connectivity index (χ4n) is 3.93. The molecule has 0 bridgehead atoms. The number of hydrogen-bond acceptors (Lipinski definition) is 2. The predicted molar refractivity (Wildman–Crippen MR) is 121 cm³/mol. The van der Waals surface area contributed by atoms with Gasteiger partial charge in [0, 0.05) is 0 Å². The number of epoxide rings is 1. The maximum Gasteiger partial charge on any atom is 0.261 e. The fourth-order valence-corrected chi connectivity index (χ4v) is 8.60. The largest absolute Gasteiger partial charge is 0.401 e. The number of ether oxygens (including phenoxy) is 1. The van der Waals surface area contributed by atoms with Crippen molar-refractivity contribution in [1.29, 1.82) is 0 Å². The first-order valence-corrected chi connectivity index (χ1v) is 12.5. The Bertz CT molecular complexity index is 706. The number of hydrogen-bond donors (Lipinski definition) is 0. The number of rotatable bonds is 9. The van der Waals surface area contributed by atoms with Crippen LogP contribution in [0, 0.1) is 0 Å². The van der Waals surface area contributed by atoms with Gasteiger partial charge in [0.05, 0.1) is 18.8 Å². The molecule has 3 rings (SSSR count). The summed E-state index contributed by atoms with van der Waals surface area (Å²) in [5, 5.41) is 2.68. The SMILES string of the molecule is CCCC[C@@H](/C=C\C1CO1)O[Si](c1ccccc1)(c1ccccc1)C(C)(C)C. The molecular formula is C25H34O2Si.